The van der Waals surface area contributed by atoms with E-state index in [4.69, 9.17) is 21.3 Å². The predicted molar refractivity (Wildman–Crippen MR) is 106 cm³/mol. The lowest BCUT2D eigenvalue weighted by atomic mass is 10.1. The third kappa shape index (κ3) is 3.32. The van der Waals surface area contributed by atoms with Gasteiger partial charge in [0.05, 0.1) is 18.3 Å². The van der Waals surface area contributed by atoms with Crippen molar-refractivity contribution in [1.82, 2.24) is 9.97 Å². The second-order valence-corrected chi connectivity index (χ2v) is 6.21. The van der Waals surface area contributed by atoms with Gasteiger partial charge >= 0.3 is 0 Å². The van der Waals surface area contributed by atoms with Crippen LogP contribution in [0.1, 0.15) is 0 Å². The van der Waals surface area contributed by atoms with Crippen LogP contribution in [0, 0.1) is 0 Å². The molecule has 4 rings (SSSR count). The van der Waals surface area contributed by atoms with Crippen LogP contribution in [0.4, 0.5) is 11.6 Å². The van der Waals surface area contributed by atoms with Crippen LogP contribution in [0.3, 0.4) is 0 Å². The second-order valence-electron chi connectivity index (χ2n) is 5.77. The second kappa shape index (κ2) is 7.02. The first-order chi connectivity index (χ1) is 12.7. The van der Waals surface area contributed by atoms with E-state index >= 15 is 0 Å². The van der Waals surface area contributed by atoms with Crippen LogP contribution in [0.5, 0.6) is 5.75 Å². The van der Waals surface area contributed by atoms with E-state index in [2.05, 4.69) is 10.3 Å². The number of anilines is 2. The fraction of sp³-hybridized carbons (Fsp3) is 0.0476. The van der Waals surface area contributed by atoms with Gasteiger partial charge in [0.2, 0.25) is 5.95 Å². The van der Waals surface area contributed by atoms with E-state index in [1.165, 1.54) is 0 Å². The van der Waals surface area contributed by atoms with E-state index in [0.717, 1.165) is 33.6 Å². The molecule has 0 aliphatic heterocycles. The van der Waals surface area contributed by atoms with Crippen LogP contribution >= 0.6 is 11.6 Å². The molecule has 3 aromatic carbocycles. The first-order valence-corrected chi connectivity index (χ1v) is 8.54. The molecule has 0 spiro atoms. The lowest BCUT2D eigenvalue weighted by Gasteiger charge is -2.11. The van der Waals surface area contributed by atoms with Crippen molar-refractivity contribution in [3.63, 3.8) is 0 Å². The normalized spacial score (nSPS) is 10.7. The van der Waals surface area contributed by atoms with E-state index in [-0.39, 0.29) is 0 Å². The molecule has 1 aromatic heterocycles. The summed E-state index contributed by atoms with van der Waals surface area (Å²) in [6.45, 7) is 0. The molecule has 1 N–H and O–H groups in total. The van der Waals surface area contributed by atoms with Gasteiger partial charge in [-0.1, -0.05) is 41.9 Å². The molecule has 0 bridgehead atoms. The minimum absolute atomic E-state index is 0.541. The highest BCUT2D eigenvalue weighted by atomic mass is 35.5. The lowest BCUT2D eigenvalue weighted by molar-refractivity contribution is 0.415. The molecular weight excluding hydrogens is 346 g/mol. The summed E-state index contributed by atoms with van der Waals surface area (Å²) in [6.07, 6.45) is 0. The van der Waals surface area contributed by atoms with Crippen molar-refractivity contribution < 1.29 is 4.74 Å². The molecule has 4 nitrogen and oxygen atoms in total. The summed E-state index contributed by atoms with van der Waals surface area (Å²) in [5.74, 6) is 1.34. The Kier molecular flexibility index (Phi) is 4.42. The van der Waals surface area contributed by atoms with Crippen molar-refractivity contribution in [1.29, 1.82) is 0 Å². The monoisotopic (exact) mass is 361 g/mol. The zero-order valence-electron chi connectivity index (χ0n) is 14.1. The first-order valence-electron chi connectivity index (χ1n) is 8.17. The average molecular weight is 362 g/mol. The van der Waals surface area contributed by atoms with Crippen molar-refractivity contribution in [2.24, 2.45) is 0 Å². The third-order valence-electron chi connectivity index (χ3n) is 4.07. The summed E-state index contributed by atoms with van der Waals surface area (Å²) in [4.78, 5) is 9.38. The Labute approximate surface area is 156 Å². The van der Waals surface area contributed by atoms with Crippen molar-refractivity contribution in [3.05, 3.63) is 77.8 Å². The number of halogens is 1. The number of benzene rings is 3. The van der Waals surface area contributed by atoms with Gasteiger partial charge in [-0.05, 0) is 42.5 Å². The molecule has 0 aliphatic carbocycles. The van der Waals surface area contributed by atoms with Gasteiger partial charge in [0, 0.05) is 21.7 Å². The maximum Gasteiger partial charge on any atom is 0.228 e. The van der Waals surface area contributed by atoms with Crippen molar-refractivity contribution in [2.75, 3.05) is 12.4 Å². The van der Waals surface area contributed by atoms with Crippen LogP contribution < -0.4 is 10.1 Å². The standard InChI is InChI=1S/C21H16ClN3O/c1-26-17-12-10-16(11-13-17)23-21-24-19-5-3-2-4-18(19)20(25-21)14-6-8-15(22)9-7-14/h2-13H,1H3,(H,23,24,25). The highest BCUT2D eigenvalue weighted by molar-refractivity contribution is 6.30. The Morgan fingerprint density at radius 2 is 1.58 bits per heavy atom. The fourth-order valence-electron chi connectivity index (χ4n) is 2.76. The van der Waals surface area contributed by atoms with Crippen LogP contribution in [-0.4, -0.2) is 17.1 Å². The Morgan fingerprint density at radius 3 is 2.31 bits per heavy atom. The molecule has 128 valence electrons. The lowest BCUT2D eigenvalue weighted by Crippen LogP contribution is -2.00. The molecule has 0 amide bonds. The van der Waals surface area contributed by atoms with Crippen molar-refractivity contribution in [3.8, 4) is 17.0 Å². The molecule has 0 fully saturated rings. The van der Waals surface area contributed by atoms with Gasteiger partial charge in [0.1, 0.15) is 5.75 Å². The number of methoxy groups -OCH3 is 1. The molecular formula is C21H16ClN3O. The van der Waals surface area contributed by atoms with Crippen LogP contribution in [0.2, 0.25) is 5.02 Å². The summed E-state index contributed by atoms with van der Waals surface area (Å²) in [5, 5.41) is 4.96. The van der Waals surface area contributed by atoms with E-state index in [1.54, 1.807) is 7.11 Å². The van der Waals surface area contributed by atoms with E-state index < -0.39 is 0 Å². The molecule has 0 saturated carbocycles. The summed E-state index contributed by atoms with van der Waals surface area (Å²) >= 11 is 6.03. The average Bonchev–Trinajstić information content (AvgIpc) is 2.69. The zero-order chi connectivity index (χ0) is 17.9. The van der Waals surface area contributed by atoms with E-state index in [0.29, 0.717) is 11.0 Å². The maximum atomic E-state index is 6.03. The minimum Gasteiger partial charge on any atom is -0.497 e. The highest BCUT2D eigenvalue weighted by Gasteiger charge is 2.10. The van der Waals surface area contributed by atoms with Crippen LogP contribution in [0.15, 0.2) is 72.8 Å². The third-order valence-corrected chi connectivity index (χ3v) is 4.32. The number of rotatable bonds is 4. The molecule has 0 aliphatic rings. The Morgan fingerprint density at radius 1 is 0.846 bits per heavy atom. The summed E-state index contributed by atoms with van der Waals surface area (Å²) in [6, 6.07) is 23.3. The van der Waals surface area contributed by atoms with E-state index in [1.807, 2.05) is 72.8 Å². The smallest absolute Gasteiger partial charge is 0.228 e. The number of aromatic nitrogens is 2. The van der Waals surface area contributed by atoms with Gasteiger partial charge in [-0.15, -0.1) is 0 Å². The summed E-state index contributed by atoms with van der Waals surface area (Å²) in [5.41, 5.74) is 3.63. The topological polar surface area (TPSA) is 47.0 Å². The van der Waals surface area contributed by atoms with Gasteiger partial charge in [-0.25, -0.2) is 9.97 Å². The molecule has 0 unspecified atom stereocenters. The summed E-state index contributed by atoms with van der Waals surface area (Å²) < 4.78 is 5.19. The number of nitrogens with zero attached hydrogens (tertiary/aromatic N) is 2. The number of hydrogen-bond donors (Lipinski definition) is 1. The quantitative estimate of drug-likeness (QED) is 0.506. The van der Waals surface area contributed by atoms with Crippen molar-refractivity contribution in [2.45, 2.75) is 0 Å². The number of ether oxygens (including phenoxy) is 1. The Balaban J connectivity index is 1.79. The van der Waals surface area contributed by atoms with Crippen LogP contribution in [-0.2, 0) is 0 Å². The van der Waals surface area contributed by atoms with Crippen LogP contribution in [0.25, 0.3) is 22.2 Å². The zero-order valence-corrected chi connectivity index (χ0v) is 14.9. The number of para-hydroxylation sites is 1. The molecule has 0 radical (unpaired) electrons. The molecule has 1 heterocycles. The molecule has 5 heteroatoms. The number of hydrogen-bond acceptors (Lipinski definition) is 4. The molecule has 26 heavy (non-hydrogen) atoms. The van der Waals surface area contributed by atoms with Gasteiger partial charge in [-0.3, -0.25) is 0 Å². The fourth-order valence-corrected chi connectivity index (χ4v) is 2.89. The number of fused-ring (bicyclic) bond motifs is 1. The van der Waals surface area contributed by atoms with Crippen molar-refractivity contribution >= 4 is 34.1 Å². The van der Waals surface area contributed by atoms with Gasteiger partial charge in [0.15, 0.2) is 0 Å². The van der Waals surface area contributed by atoms with Gasteiger partial charge in [-0.2, -0.15) is 0 Å². The van der Waals surface area contributed by atoms with Gasteiger partial charge in [0.25, 0.3) is 0 Å². The largest absolute Gasteiger partial charge is 0.497 e. The Bertz CT molecular complexity index is 1050. The highest BCUT2D eigenvalue weighted by Crippen LogP contribution is 2.29. The molecule has 0 atom stereocenters. The first kappa shape index (κ1) is 16.4. The summed E-state index contributed by atoms with van der Waals surface area (Å²) in [7, 11) is 1.65. The predicted octanol–water partition coefficient (Wildman–Crippen LogP) is 5.70. The minimum atomic E-state index is 0.541. The maximum absolute atomic E-state index is 6.03. The van der Waals surface area contributed by atoms with E-state index in [9.17, 15) is 0 Å². The number of nitrogens with one attached hydrogen (secondary N) is 1. The Hall–Kier alpha value is -3.11. The molecule has 4 aromatic rings. The van der Waals surface area contributed by atoms with Gasteiger partial charge < -0.3 is 10.1 Å². The SMILES string of the molecule is COc1ccc(Nc2nc(-c3ccc(Cl)cc3)c3ccccc3n2)cc1. The molecule has 0 saturated heterocycles.